The van der Waals surface area contributed by atoms with Gasteiger partial charge in [-0.1, -0.05) is 0 Å². The summed E-state index contributed by atoms with van der Waals surface area (Å²) in [4.78, 5) is 25.0. The maximum atomic E-state index is 12.3. The fraction of sp³-hybridized carbons (Fsp3) is 0.583. The van der Waals surface area contributed by atoms with Crippen LogP contribution in [0, 0.1) is 6.92 Å². The fourth-order valence-electron chi connectivity index (χ4n) is 1.60. The van der Waals surface area contributed by atoms with E-state index in [1.165, 1.54) is 19.1 Å². The lowest BCUT2D eigenvalue weighted by atomic mass is 10.2. The van der Waals surface area contributed by atoms with Gasteiger partial charge in [0.15, 0.2) is 5.69 Å². The van der Waals surface area contributed by atoms with Gasteiger partial charge in [-0.25, -0.2) is 0 Å². The number of nitrogens with zero attached hydrogens (tertiary/aromatic N) is 2. The lowest BCUT2D eigenvalue weighted by Crippen LogP contribution is -2.36. The normalized spacial score (nSPS) is 10.3. The van der Waals surface area contributed by atoms with Crippen molar-refractivity contribution in [3.63, 3.8) is 0 Å². The number of hydrogen-bond donors (Lipinski definition) is 2. The predicted molar refractivity (Wildman–Crippen MR) is 72.1 cm³/mol. The smallest absolute Gasteiger partial charge is 0.307 e. The number of hydrogen-bond acceptors (Lipinski definition) is 6. The Kier molecular flexibility index (Phi) is 5.98. The van der Waals surface area contributed by atoms with Crippen molar-refractivity contribution in [2.75, 3.05) is 39.6 Å². The Hall–Kier alpha value is -2.09. The third-order valence-electron chi connectivity index (χ3n) is 2.86. The molecule has 0 bridgehead atoms. The number of carbonyl (C=O) groups excluding carboxylic acids is 2. The molecule has 0 aromatic carbocycles. The summed E-state index contributed by atoms with van der Waals surface area (Å²) < 4.78 is 9.52. The average Bonchev–Trinajstić information content (AvgIpc) is 2.78. The number of anilines is 1. The van der Waals surface area contributed by atoms with E-state index in [-0.39, 0.29) is 30.5 Å². The number of aromatic nitrogens is 2. The van der Waals surface area contributed by atoms with Crippen LogP contribution in [0.2, 0.25) is 0 Å². The molecular weight excluding hydrogens is 264 g/mol. The monoisotopic (exact) mass is 284 g/mol. The number of aromatic amines is 1. The molecule has 1 amide bonds. The van der Waals surface area contributed by atoms with Crippen LogP contribution in [0.5, 0.6) is 0 Å². The maximum absolute atomic E-state index is 12.3. The highest BCUT2D eigenvalue weighted by molar-refractivity contribution is 5.97. The topological polar surface area (TPSA) is 111 Å². The lowest BCUT2D eigenvalue weighted by molar-refractivity contribution is -0.140. The van der Waals surface area contributed by atoms with Crippen molar-refractivity contribution in [3.05, 3.63) is 11.4 Å². The van der Waals surface area contributed by atoms with Gasteiger partial charge in [-0.2, -0.15) is 5.10 Å². The molecule has 8 nitrogen and oxygen atoms in total. The Morgan fingerprint density at radius 3 is 2.55 bits per heavy atom. The van der Waals surface area contributed by atoms with Crippen molar-refractivity contribution in [1.29, 1.82) is 0 Å². The zero-order chi connectivity index (χ0) is 15.1. The number of amides is 1. The number of nitrogens with two attached hydrogens (primary N) is 1. The predicted octanol–water partition coefficient (Wildman–Crippen LogP) is -0.0480. The van der Waals surface area contributed by atoms with Crippen LogP contribution in [0.1, 0.15) is 22.6 Å². The van der Waals surface area contributed by atoms with Gasteiger partial charge in [0.1, 0.15) is 0 Å². The highest BCUT2D eigenvalue weighted by Gasteiger charge is 2.22. The largest absolute Gasteiger partial charge is 0.469 e. The Labute approximate surface area is 117 Å². The van der Waals surface area contributed by atoms with Gasteiger partial charge in [0.05, 0.1) is 31.5 Å². The summed E-state index contributed by atoms with van der Waals surface area (Å²) in [6, 6.07) is 0. The first-order valence-electron chi connectivity index (χ1n) is 6.16. The third-order valence-corrected chi connectivity index (χ3v) is 2.86. The number of carbonyl (C=O) groups is 2. The van der Waals surface area contributed by atoms with E-state index in [0.29, 0.717) is 24.5 Å². The van der Waals surface area contributed by atoms with Gasteiger partial charge >= 0.3 is 5.97 Å². The Morgan fingerprint density at radius 2 is 2.05 bits per heavy atom. The Balaban J connectivity index is 2.78. The summed E-state index contributed by atoms with van der Waals surface area (Å²) >= 11 is 0. The molecule has 1 rings (SSSR count). The first kappa shape index (κ1) is 16.0. The van der Waals surface area contributed by atoms with Crippen LogP contribution in [0.3, 0.4) is 0 Å². The summed E-state index contributed by atoms with van der Waals surface area (Å²) in [6.45, 7) is 2.65. The van der Waals surface area contributed by atoms with E-state index >= 15 is 0 Å². The van der Waals surface area contributed by atoms with E-state index in [0.717, 1.165) is 0 Å². The van der Waals surface area contributed by atoms with Crippen LogP contribution in [-0.2, 0) is 14.3 Å². The van der Waals surface area contributed by atoms with Crippen molar-refractivity contribution >= 4 is 17.6 Å². The summed E-state index contributed by atoms with van der Waals surface area (Å²) in [5, 5.41) is 6.55. The van der Waals surface area contributed by atoms with Crippen LogP contribution in [0.15, 0.2) is 0 Å². The molecule has 0 saturated heterocycles. The third kappa shape index (κ3) is 3.95. The second kappa shape index (κ2) is 7.49. The minimum atomic E-state index is -0.383. The van der Waals surface area contributed by atoms with E-state index < -0.39 is 0 Å². The van der Waals surface area contributed by atoms with Gasteiger partial charge < -0.3 is 20.1 Å². The highest BCUT2D eigenvalue weighted by atomic mass is 16.5. The number of rotatable bonds is 7. The molecule has 0 aliphatic carbocycles. The molecule has 0 fully saturated rings. The number of ether oxygens (including phenoxy) is 2. The Bertz CT molecular complexity index is 472. The van der Waals surface area contributed by atoms with E-state index in [4.69, 9.17) is 10.5 Å². The average molecular weight is 284 g/mol. The van der Waals surface area contributed by atoms with Gasteiger partial charge in [0, 0.05) is 20.2 Å². The van der Waals surface area contributed by atoms with Crippen molar-refractivity contribution < 1.29 is 19.1 Å². The summed E-state index contributed by atoms with van der Waals surface area (Å²) in [6.07, 6.45) is 0.106. The molecular formula is C12H20N4O4. The van der Waals surface area contributed by atoms with Gasteiger partial charge in [-0.3, -0.25) is 14.7 Å². The molecule has 0 aliphatic heterocycles. The molecule has 0 unspecified atom stereocenters. The standard InChI is InChI=1S/C12H20N4O4/c1-8-10(13)11(15-14-8)12(18)16(6-7-19-2)5-4-9(17)20-3/h4-7,13H2,1-3H3,(H,14,15). The molecule has 0 aliphatic rings. The molecule has 20 heavy (non-hydrogen) atoms. The lowest BCUT2D eigenvalue weighted by Gasteiger charge is -2.21. The molecule has 3 N–H and O–H groups in total. The van der Waals surface area contributed by atoms with Crippen LogP contribution in [-0.4, -0.2) is 60.9 Å². The van der Waals surface area contributed by atoms with Crippen LogP contribution >= 0.6 is 0 Å². The van der Waals surface area contributed by atoms with E-state index in [9.17, 15) is 9.59 Å². The van der Waals surface area contributed by atoms with Gasteiger partial charge in [-0.05, 0) is 6.92 Å². The number of methoxy groups -OCH3 is 2. The number of esters is 1. The fourth-order valence-corrected chi connectivity index (χ4v) is 1.60. The summed E-state index contributed by atoms with van der Waals surface area (Å²) in [5.41, 5.74) is 6.89. The summed E-state index contributed by atoms with van der Waals surface area (Å²) in [7, 11) is 2.84. The molecule has 112 valence electrons. The van der Waals surface area contributed by atoms with Gasteiger partial charge in [-0.15, -0.1) is 0 Å². The molecule has 0 atom stereocenters. The SMILES string of the molecule is COCCN(CCC(=O)OC)C(=O)c1n[nH]c(C)c1N. The minimum Gasteiger partial charge on any atom is -0.469 e. The van der Waals surface area contributed by atoms with Crippen LogP contribution < -0.4 is 5.73 Å². The molecule has 1 heterocycles. The second-order valence-electron chi connectivity index (χ2n) is 4.22. The summed E-state index contributed by atoms with van der Waals surface area (Å²) in [5.74, 6) is -0.723. The van der Waals surface area contributed by atoms with Crippen molar-refractivity contribution in [1.82, 2.24) is 15.1 Å². The van der Waals surface area contributed by atoms with Gasteiger partial charge in [0.2, 0.25) is 0 Å². The van der Waals surface area contributed by atoms with E-state index in [2.05, 4.69) is 14.9 Å². The quantitative estimate of drug-likeness (QED) is 0.679. The number of nitrogen functional groups attached to an aromatic ring is 1. The number of H-pyrrole nitrogens is 1. The molecule has 1 aromatic heterocycles. The zero-order valence-electron chi connectivity index (χ0n) is 11.9. The Morgan fingerprint density at radius 1 is 1.35 bits per heavy atom. The molecule has 0 saturated carbocycles. The molecule has 0 spiro atoms. The van der Waals surface area contributed by atoms with Crippen LogP contribution in [0.4, 0.5) is 5.69 Å². The molecule has 1 aromatic rings. The second-order valence-corrected chi connectivity index (χ2v) is 4.22. The first-order valence-corrected chi connectivity index (χ1v) is 6.16. The van der Waals surface area contributed by atoms with E-state index in [1.54, 1.807) is 6.92 Å². The zero-order valence-corrected chi connectivity index (χ0v) is 11.9. The van der Waals surface area contributed by atoms with Crippen molar-refractivity contribution in [3.8, 4) is 0 Å². The highest BCUT2D eigenvalue weighted by Crippen LogP contribution is 2.15. The molecule has 8 heteroatoms. The number of aryl methyl sites for hydroxylation is 1. The van der Waals surface area contributed by atoms with Crippen molar-refractivity contribution in [2.24, 2.45) is 0 Å². The van der Waals surface area contributed by atoms with Gasteiger partial charge in [0.25, 0.3) is 5.91 Å². The number of nitrogens with one attached hydrogen (secondary N) is 1. The maximum Gasteiger partial charge on any atom is 0.307 e. The first-order chi connectivity index (χ1) is 9.51. The van der Waals surface area contributed by atoms with Crippen LogP contribution in [0.25, 0.3) is 0 Å². The minimum absolute atomic E-state index is 0.106. The van der Waals surface area contributed by atoms with Crippen molar-refractivity contribution in [2.45, 2.75) is 13.3 Å². The molecule has 0 radical (unpaired) electrons. The van der Waals surface area contributed by atoms with E-state index in [1.807, 2.05) is 0 Å².